The van der Waals surface area contributed by atoms with Gasteiger partial charge in [-0.15, -0.1) is 0 Å². The molecule has 0 spiro atoms. The number of hydrogen-bond acceptors (Lipinski definition) is 5. The zero-order chi connectivity index (χ0) is 14.8. The lowest BCUT2D eigenvalue weighted by Crippen LogP contribution is -2.19. The Morgan fingerprint density at radius 1 is 1.30 bits per heavy atom. The summed E-state index contributed by atoms with van der Waals surface area (Å²) in [4.78, 5) is 18.2. The number of aromatic nitrogens is 2. The quantitative estimate of drug-likeness (QED) is 0.865. The van der Waals surface area contributed by atoms with E-state index < -0.39 is 21.4 Å². The molecular formula is C13H15N3O3S. The van der Waals surface area contributed by atoms with Crippen LogP contribution in [0.2, 0.25) is 0 Å². The normalized spacial score (nSPS) is 13.1. The summed E-state index contributed by atoms with van der Waals surface area (Å²) in [5.41, 5.74) is 5.62. The SMILES string of the molecule is CC(N)c1cc(=O)[nH]c(CS(=O)(=O)c2ccccc2)n1. The van der Waals surface area contributed by atoms with Gasteiger partial charge in [0, 0.05) is 12.1 Å². The predicted octanol–water partition coefficient (Wildman–Crippen LogP) is 0.763. The summed E-state index contributed by atoms with van der Waals surface area (Å²) in [7, 11) is -3.55. The number of nitrogens with two attached hydrogens (primary N) is 1. The van der Waals surface area contributed by atoms with Gasteiger partial charge in [-0.2, -0.15) is 0 Å². The number of benzene rings is 1. The maximum Gasteiger partial charge on any atom is 0.251 e. The molecule has 2 rings (SSSR count). The molecule has 1 aromatic carbocycles. The van der Waals surface area contributed by atoms with Crippen LogP contribution in [-0.2, 0) is 15.6 Å². The minimum absolute atomic E-state index is 0.0913. The van der Waals surface area contributed by atoms with E-state index in [0.717, 1.165) is 0 Å². The fourth-order valence-corrected chi connectivity index (χ4v) is 2.96. The maximum atomic E-state index is 12.2. The fourth-order valence-electron chi connectivity index (χ4n) is 1.72. The van der Waals surface area contributed by atoms with Crippen molar-refractivity contribution < 1.29 is 8.42 Å². The van der Waals surface area contributed by atoms with Crippen LogP contribution < -0.4 is 11.3 Å². The average molecular weight is 293 g/mol. The Hall–Kier alpha value is -1.99. The maximum absolute atomic E-state index is 12.2. The van der Waals surface area contributed by atoms with Crippen LogP contribution in [0.3, 0.4) is 0 Å². The van der Waals surface area contributed by atoms with Gasteiger partial charge in [0.15, 0.2) is 9.84 Å². The van der Waals surface area contributed by atoms with Crippen molar-refractivity contribution in [1.82, 2.24) is 9.97 Å². The number of nitrogens with zero attached hydrogens (tertiary/aromatic N) is 1. The number of aromatic amines is 1. The molecule has 2 aromatic rings. The molecule has 0 saturated carbocycles. The van der Waals surface area contributed by atoms with Gasteiger partial charge in [-0.05, 0) is 19.1 Å². The summed E-state index contributed by atoms with van der Waals surface area (Å²) in [6.07, 6.45) is 0. The molecule has 0 fully saturated rings. The number of rotatable bonds is 4. The number of hydrogen-bond donors (Lipinski definition) is 2. The second-order valence-corrected chi connectivity index (χ2v) is 6.47. The van der Waals surface area contributed by atoms with E-state index in [-0.39, 0.29) is 16.5 Å². The lowest BCUT2D eigenvalue weighted by molar-refractivity contribution is 0.593. The molecule has 1 heterocycles. The van der Waals surface area contributed by atoms with Crippen molar-refractivity contribution in [3.63, 3.8) is 0 Å². The van der Waals surface area contributed by atoms with Gasteiger partial charge in [-0.25, -0.2) is 13.4 Å². The van der Waals surface area contributed by atoms with E-state index in [1.54, 1.807) is 25.1 Å². The third-order valence-electron chi connectivity index (χ3n) is 2.71. The van der Waals surface area contributed by atoms with Crippen molar-refractivity contribution in [2.45, 2.75) is 23.6 Å². The van der Waals surface area contributed by atoms with E-state index in [1.807, 2.05) is 0 Å². The lowest BCUT2D eigenvalue weighted by atomic mass is 10.2. The predicted molar refractivity (Wildman–Crippen MR) is 74.8 cm³/mol. The van der Waals surface area contributed by atoms with Crippen LogP contribution in [0.25, 0.3) is 0 Å². The van der Waals surface area contributed by atoms with Crippen LogP contribution in [0.1, 0.15) is 24.5 Å². The van der Waals surface area contributed by atoms with Gasteiger partial charge in [0.1, 0.15) is 11.6 Å². The molecule has 0 aliphatic heterocycles. The first kappa shape index (κ1) is 14.4. The van der Waals surface area contributed by atoms with Gasteiger partial charge < -0.3 is 10.7 Å². The van der Waals surface area contributed by atoms with Crippen molar-refractivity contribution in [2.24, 2.45) is 5.73 Å². The highest BCUT2D eigenvalue weighted by molar-refractivity contribution is 7.90. The van der Waals surface area contributed by atoms with Crippen molar-refractivity contribution in [3.8, 4) is 0 Å². The molecule has 0 saturated heterocycles. The molecule has 0 aliphatic rings. The zero-order valence-corrected chi connectivity index (χ0v) is 11.7. The molecular weight excluding hydrogens is 278 g/mol. The zero-order valence-electron chi connectivity index (χ0n) is 10.9. The van der Waals surface area contributed by atoms with Crippen molar-refractivity contribution in [3.05, 3.63) is 58.3 Å². The first-order valence-corrected chi connectivity index (χ1v) is 7.67. The summed E-state index contributed by atoms with van der Waals surface area (Å²) in [6.45, 7) is 1.68. The second-order valence-electron chi connectivity index (χ2n) is 4.48. The lowest BCUT2D eigenvalue weighted by Gasteiger charge is -2.07. The van der Waals surface area contributed by atoms with E-state index >= 15 is 0 Å². The van der Waals surface area contributed by atoms with Gasteiger partial charge in [0.2, 0.25) is 0 Å². The van der Waals surface area contributed by atoms with Crippen molar-refractivity contribution >= 4 is 9.84 Å². The van der Waals surface area contributed by atoms with Gasteiger partial charge in [0.25, 0.3) is 5.56 Å². The van der Waals surface area contributed by atoms with Gasteiger partial charge in [-0.1, -0.05) is 18.2 Å². The van der Waals surface area contributed by atoms with E-state index in [9.17, 15) is 13.2 Å². The van der Waals surface area contributed by atoms with Crippen LogP contribution in [-0.4, -0.2) is 18.4 Å². The molecule has 6 nitrogen and oxygen atoms in total. The number of sulfone groups is 1. The first-order valence-electron chi connectivity index (χ1n) is 6.02. The molecule has 0 radical (unpaired) electrons. The smallest absolute Gasteiger partial charge is 0.251 e. The summed E-state index contributed by atoms with van der Waals surface area (Å²) in [6, 6.07) is 8.85. The van der Waals surface area contributed by atoms with E-state index in [1.165, 1.54) is 18.2 Å². The van der Waals surface area contributed by atoms with Crippen molar-refractivity contribution in [2.75, 3.05) is 0 Å². The average Bonchev–Trinajstić information content (AvgIpc) is 2.38. The minimum Gasteiger partial charge on any atom is -0.323 e. The highest BCUT2D eigenvalue weighted by Gasteiger charge is 2.17. The molecule has 1 atom stereocenters. The number of H-pyrrole nitrogens is 1. The Labute approximate surface area is 116 Å². The third kappa shape index (κ3) is 3.31. The van der Waals surface area contributed by atoms with Crippen molar-refractivity contribution in [1.29, 1.82) is 0 Å². The molecule has 7 heteroatoms. The monoisotopic (exact) mass is 293 g/mol. The topological polar surface area (TPSA) is 106 Å². The molecule has 1 unspecified atom stereocenters. The highest BCUT2D eigenvalue weighted by atomic mass is 32.2. The van der Waals surface area contributed by atoms with Crippen LogP contribution in [0.15, 0.2) is 46.1 Å². The standard InChI is InChI=1S/C13H15N3O3S/c1-9(14)11-7-13(17)16-12(15-11)8-20(18,19)10-5-3-2-4-6-10/h2-7,9H,8,14H2,1H3,(H,15,16,17). The fraction of sp³-hybridized carbons (Fsp3) is 0.231. The Bertz CT molecular complexity index is 752. The Balaban J connectivity index is 2.37. The van der Waals surface area contributed by atoms with Gasteiger partial charge >= 0.3 is 0 Å². The van der Waals surface area contributed by atoms with E-state index in [0.29, 0.717) is 5.69 Å². The second kappa shape index (κ2) is 5.56. The molecule has 3 N–H and O–H groups in total. The molecule has 106 valence electrons. The minimum atomic E-state index is -3.55. The van der Waals surface area contributed by atoms with Gasteiger partial charge in [0.05, 0.1) is 10.6 Å². The van der Waals surface area contributed by atoms with E-state index in [4.69, 9.17) is 5.73 Å². The highest BCUT2D eigenvalue weighted by Crippen LogP contribution is 2.14. The summed E-state index contributed by atoms with van der Waals surface area (Å²) in [5, 5.41) is 0. The molecule has 0 aliphatic carbocycles. The Kier molecular flexibility index (Phi) is 4.01. The Morgan fingerprint density at radius 3 is 2.55 bits per heavy atom. The van der Waals surface area contributed by atoms with E-state index in [2.05, 4.69) is 9.97 Å². The number of nitrogens with one attached hydrogen (secondary N) is 1. The summed E-state index contributed by atoms with van der Waals surface area (Å²) in [5.74, 6) is -0.277. The first-order chi connectivity index (χ1) is 9.38. The van der Waals surface area contributed by atoms with Crippen LogP contribution >= 0.6 is 0 Å². The Morgan fingerprint density at radius 2 is 1.95 bits per heavy atom. The van der Waals surface area contributed by atoms with Gasteiger partial charge in [-0.3, -0.25) is 4.79 Å². The largest absolute Gasteiger partial charge is 0.323 e. The summed E-state index contributed by atoms with van der Waals surface area (Å²) < 4.78 is 24.4. The molecule has 0 bridgehead atoms. The molecule has 1 aromatic heterocycles. The molecule has 0 amide bonds. The van der Waals surface area contributed by atoms with Crippen LogP contribution in [0.4, 0.5) is 0 Å². The summed E-state index contributed by atoms with van der Waals surface area (Å²) >= 11 is 0. The van der Waals surface area contributed by atoms with Crippen LogP contribution in [0, 0.1) is 0 Å². The molecule has 20 heavy (non-hydrogen) atoms. The third-order valence-corrected chi connectivity index (χ3v) is 4.35. The van der Waals surface area contributed by atoms with Crippen LogP contribution in [0.5, 0.6) is 0 Å².